The largest absolute Gasteiger partial charge is 0.340 e. The summed E-state index contributed by atoms with van der Waals surface area (Å²) in [6, 6.07) is 6.66. The number of H-pyrrole nitrogens is 1. The lowest BCUT2D eigenvalue weighted by molar-refractivity contribution is -0.130. The van der Waals surface area contributed by atoms with Gasteiger partial charge >= 0.3 is 0 Å². The van der Waals surface area contributed by atoms with Gasteiger partial charge < -0.3 is 14.8 Å². The van der Waals surface area contributed by atoms with Crippen molar-refractivity contribution in [1.29, 1.82) is 0 Å². The summed E-state index contributed by atoms with van der Waals surface area (Å²) in [6.07, 6.45) is 4.13. The summed E-state index contributed by atoms with van der Waals surface area (Å²) in [5, 5.41) is 0. The molecule has 1 aliphatic rings. The van der Waals surface area contributed by atoms with E-state index in [1.54, 1.807) is 4.90 Å². The van der Waals surface area contributed by atoms with Crippen molar-refractivity contribution in [1.82, 2.24) is 19.8 Å². The van der Waals surface area contributed by atoms with E-state index in [1.807, 2.05) is 13.1 Å². The summed E-state index contributed by atoms with van der Waals surface area (Å²) in [4.78, 5) is 24.6. The second-order valence-electron chi connectivity index (χ2n) is 7.08. The lowest BCUT2D eigenvalue weighted by Crippen LogP contribution is -2.32. The van der Waals surface area contributed by atoms with Gasteiger partial charge in [0.25, 0.3) is 0 Å². The molecule has 2 aromatic rings. The monoisotopic (exact) mass is 328 g/mol. The zero-order valence-corrected chi connectivity index (χ0v) is 15.0. The van der Waals surface area contributed by atoms with Crippen LogP contribution in [0.2, 0.25) is 0 Å². The first-order valence-corrected chi connectivity index (χ1v) is 8.96. The number of imidazole rings is 1. The molecule has 0 saturated carbocycles. The van der Waals surface area contributed by atoms with Crippen molar-refractivity contribution in [3.8, 4) is 0 Å². The van der Waals surface area contributed by atoms with Gasteiger partial charge in [-0.15, -0.1) is 0 Å². The maximum atomic E-state index is 12.4. The van der Waals surface area contributed by atoms with Gasteiger partial charge in [0.15, 0.2) is 0 Å². The van der Waals surface area contributed by atoms with E-state index in [-0.39, 0.29) is 5.91 Å². The Balaban J connectivity index is 1.52. The van der Waals surface area contributed by atoms with Gasteiger partial charge in [0.2, 0.25) is 5.91 Å². The third kappa shape index (κ3) is 3.96. The van der Waals surface area contributed by atoms with Crippen molar-refractivity contribution in [2.75, 3.05) is 20.1 Å². The zero-order valence-electron chi connectivity index (χ0n) is 15.0. The van der Waals surface area contributed by atoms with E-state index in [2.05, 4.69) is 40.8 Å². The van der Waals surface area contributed by atoms with Crippen molar-refractivity contribution < 1.29 is 4.79 Å². The average molecular weight is 328 g/mol. The quantitative estimate of drug-likeness (QED) is 0.886. The number of rotatable bonds is 6. The van der Waals surface area contributed by atoms with E-state index in [9.17, 15) is 4.79 Å². The fourth-order valence-corrected chi connectivity index (χ4v) is 3.45. The molecule has 1 aromatic carbocycles. The number of nitrogens with zero attached hydrogens (tertiary/aromatic N) is 3. The number of aryl methyl sites for hydroxylation is 1. The summed E-state index contributed by atoms with van der Waals surface area (Å²) in [7, 11) is 1.86. The predicted molar refractivity (Wildman–Crippen MR) is 96.8 cm³/mol. The van der Waals surface area contributed by atoms with E-state index < -0.39 is 0 Å². The topological polar surface area (TPSA) is 52.2 Å². The van der Waals surface area contributed by atoms with Crippen LogP contribution in [-0.4, -0.2) is 51.9 Å². The first-order valence-electron chi connectivity index (χ1n) is 8.96. The van der Waals surface area contributed by atoms with Crippen LogP contribution >= 0.6 is 0 Å². The number of amides is 1. The number of likely N-dealkylation sites (tertiary alicyclic amines) is 1. The molecule has 0 radical (unpaired) electrons. The molecule has 1 amide bonds. The van der Waals surface area contributed by atoms with Crippen LogP contribution in [0.25, 0.3) is 11.0 Å². The van der Waals surface area contributed by atoms with E-state index >= 15 is 0 Å². The van der Waals surface area contributed by atoms with Crippen molar-refractivity contribution in [2.24, 2.45) is 0 Å². The molecule has 24 heavy (non-hydrogen) atoms. The maximum Gasteiger partial charge on any atom is 0.222 e. The van der Waals surface area contributed by atoms with Crippen LogP contribution in [0.4, 0.5) is 0 Å². The second-order valence-corrected chi connectivity index (χ2v) is 7.08. The molecular weight excluding hydrogens is 300 g/mol. The van der Waals surface area contributed by atoms with Gasteiger partial charge in [-0.2, -0.15) is 0 Å². The van der Waals surface area contributed by atoms with Crippen LogP contribution < -0.4 is 0 Å². The highest BCUT2D eigenvalue weighted by Gasteiger charge is 2.20. The SMILES string of the molecule is Cc1ccc2nc(CN(C)C(=O)CC[C@@H](C)N3CCCC3)[nH]c2c1. The van der Waals surface area contributed by atoms with Crippen LogP contribution in [0.3, 0.4) is 0 Å². The number of nitrogens with one attached hydrogen (secondary N) is 1. The molecule has 130 valence electrons. The van der Waals surface area contributed by atoms with E-state index in [0.29, 0.717) is 19.0 Å². The molecule has 1 fully saturated rings. The second kappa shape index (κ2) is 7.34. The Morgan fingerprint density at radius 2 is 2.12 bits per heavy atom. The number of carbonyl (C=O) groups excluding carboxylic acids is 1. The predicted octanol–water partition coefficient (Wildman–Crippen LogP) is 3.09. The van der Waals surface area contributed by atoms with Gasteiger partial charge in [0.1, 0.15) is 5.82 Å². The van der Waals surface area contributed by atoms with E-state index in [4.69, 9.17) is 0 Å². The van der Waals surface area contributed by atoms with Gasteiger partial charge in [-0.05, 0) is 63.9 Å². The molecular formula is C19H28N4O. The Labute approximate surface area is 144 Å². The standard InChI is InChI=1S/C19H28N4O/c1-14-6-8-16-17(12-14)21-18(20-16)13-22(3)19(24)9-7-15(2)23-10-4-5-11-23/h6,8,12,15H,4-5,7,9-11,13H2,1-3H3,(H,20,21)/t15-/m1/s1. The molecule has 1 aromatic heterocycles. The molecule has 2 heterocycles. The van der Waals surface area contributed by atoms with Crippen LogP contribution in [-0.2, 0) is 11.3 Å². The smallest absolute Gasteiger partial charge is 0.222 e. The number of hydrogen-bond acceptors (Lipinski definition) is 3. The third-order valence-electron chi connectivity index (χ3n) is 5.04. The average Bonchev–Trinajstić information content (AvgIpc) is 3.20. The number of hydrogen-bond donors (Lipinski definition) is 1. The molecule has 1 N–H and O–H groups in total. The first kappa shape index (κ1) is 17.0. The van der Waals surface area contributed by atoms with Crippen molar-refractivity contribution >= 4 is 16.9 Å². The normalized spacial score (nSPS) is 16.6. The van der Waals surface area contributed by atoms with Gasteiger partial charge in [-0.1, -0.05) is 6.07 Å². The minimum absolute atomic E-state index is 0.192. The zero-order chi connectivity index (χ0) is 17.1. The first-order chi connectivity index (χ1) is 11.5. The van der Waals surface area contributed by atoms with Gasteiger partial charge in [-0.3, -0.25) is 4.79 Å². The number of fused-ring (bicyclic) bond motifs is 1. The van der Waals surface area contributed by atoms with Gasteiger partial charge in [0.05, 0.1) is 17.6 Å². The maximum absolute atomic E-state index is 12.4. The van der Waals surface area contributed by atoms with Crippen LogP contribution in [0, 0.1) is 6.92 Å². The fourth-order valence-electron chi connectivity index (χ4n) is 3.45. The molecule has 0 spiro atoms. The molecule has 5 nitrogen and oxygen atoms in total. The molecule has 3 rings (SSSR count). The molecule has 1 atom stereocenters. The highest BCUT2D eigenvalue weighted by molar-refractivity contribution is 5.77. The lowest BCUT2D eigenvalue weighted by atomic mass is 10.1. The molecule has 1 saturated heterocycles. The fraction of sp³-hybridized carbons (Fsp3) is 0.579. The van der Waals surface area contributed by atoms with Crippen molar-refractivity contribution in [3.63, 3.8) is 0 Å². The summed E-state index contributed by atoms with van der Waals surface area (Å²) in [5.74, 6) is 1.04. The Bertz CT molecular complexity index is 702. The van der Waals surface area contributed by atoms with Crippen molar-refractivity contribution in [2.45, 2.75) is 52.1 Å². The Morgan fingerprint density at radius 3 is 2.88 bits per heavy atom. The minimum atomic E-state index is 0.192. The van der Waals surface area contributed by atoms with Gasteiger partial charge in [0, 0.05) is 19.5 Å². The molecule has 1 aliphatic heterocycles. The van der Waals surface area contributed by atoms with Crippen LogP contribution in [0.5, 0.6) is 0 Å². The van der Waals surface area contributed by atoms with Crippen molar-refractivity contribution in [3.05, 3.63) is 29.6 Å². The summed E-state index contributed by atoms with van der Waals surface area (Å²) >= 11 is 0. The van der Waals surface area contributed by atoms with Crippen LogP contribution in [0.1, 0.15) is 44.0 Å². The number of benzene rings is 1. The summed E-state index contributed by atoms with van der Waals surface area (Å²) in [6.45, 7) is 7.20. The Hall–Kier alpha value is -1.88. The number of aromatic nitrogens is 2. The Morgan fingerprint density at radius 1 is 1.38 bits per heavy atom. The lowest BCUT2D eigenvalue weighted by Gasteiger charge is -2.24. The summed E-state index contributed by atoms with van der Waals surface area (Å²) in [5.41, 5.74) is 3.20. The number of aromatic amines is 1. The van der Waals surface area contributed by atoms with Crippen LogP contribution in [0.15, 0.2) is 18.2 Å². The molecule has 5 heteroatoms. The number of carbonyl (C=O) groups is 1. The van der Waals surface area contributed by atoms with Gasteiger partial charge in [-0.25, -0.2) is 4.98 Å². The highest BCUT2D eigenvalue weighted by atomic mass is 16.2. The van der Waals surface area contributed by atoms with E-state index in [0.717, 1.165) is 23.3 Å². The minimum Gasteiger partial charge on any atom is -0.340 e. The Kier molecular flexibility index (Phi) is 5.19. The molecule has 0 aliphatic carbocycles. The molecule has 0 unspecified atom stereocenters. The molecule has 0 bridgehead atoms. The van der Waals surface area contributed by atoms with E-state index in [1.165, 1.54) is 31.5 Å². The highest BCUT2D eigenvalue weighted by Crippen LogP contribution is 2.17. The summed E-state index contributed by atoms with van der Waals surface area (Å²) < 4.78 is 0. The third-order valence-corrected chi connectivity index (χ3v) is 5.04.